The molecule has 0 spiro atoms. The molecule has 1 amide bonds. The van der Waals surface area contributed by atoms with Gasteiger partial charge in [0.1, 0.15) is 22.9 Å². The number of carbonyl (C=O) groups excluding carboxylic acids is 1. The Labute approximate surface area is 249 Å². The van der Waals surface area contributed by atoms with Gasteiger partial charge in [-0.15, -0.1) is 13.2 Å². The summed E-state index contributed by atoms with van der Waals surface area (Å²) in [5, 5.41) is 13.1. The van der Waals surface area contributed by atoms with E-state index in [-0.39, 0.29) is 58.3 Å². The van der Waals surface area contributed by atoms with Crippen LogP contribution in [0.25, 0.3) is 22.3 Å². The molecule has 1 aliphatic heterocycles. The van der Waals surface area contributed by atoms with Crippen molar-refractivity contribution in [2.24, 2.45) is 0 Å². The molecule has 2 aliphatic rings. The van der Waals surface area contributed by atoms with Gasteiger partial charge in [0.25, 0.3) is 5.91 Å². The highest BCUT2D eigenvalue weighted by atomic mass is 32.2. The molecule has 1 aliphatic carbocycles. The summed E-state index contributed by atoms with van der Waals surface area (Å²) in [5.41, 5.74) is 1.86. The summed E-state index contributed by atoms with van der Waals surface area (Å²) in [6, 6.07) is 11.1. The molecule has 44 heavy (non-hydrogen) atoms. The summed E-state index contributed by atoms with van der Waals surface area (Å²) in [6.07, 6.45) is -2.58. The van der Waals surface area contributed by atoms with Crippen LogP contribution in [0.3, 0.4) is 0 Å². The largest absolute Gasteiger partial charge is 0.573 e. The number of sulfonamides is 1. The van der Waals surface area contributed by atoms with Gasteiger partial charge in [-0.05, 0) is 71.8 Å². The summed E-state index contributed by atoms with van der Waals surface area (Å²) in [5.74, 6) is -1.50. The van der Waals surface area contributed by atoms with Crippen LogP contribution >= 0.6 is 0 Å². The number of amides is 1. The van der Waals surface area contributed by atoms with Gasteiger partial charge < -0.3 is 24.1 Å². The Morgan fingerprint density at radius 1 is 1.16 bits per heavy atom. The third-order valence-electron chi connectivity index (χ3n) is 7.57. The van der Waals surface area contributed by atoms with E-state index in [1.165, 1.54) is 43.4 Å². The molecule has 1 fully saturated rings. The third-order valence-corrected chi connectivity index (χ3v) is 8.69. The van der Waals surface area contributed by atoms with E-state index in [9.17, 15) is 35.8 Å². The summed E-state index contributed by atoms with van der Waals surface area (Å²) < 4.78 is 96.3. The van der Waals surface area contributed by atoms with Crippen LogP contribution in [-0.2, 0) is 27.8 Å². The number of furan rings is 1. The fourth-order valence-corrected chi connectivity index (χ4v) is 6.39. The predicted molar refractivity (Wildman–Crippen MR) is 154 cm³/mol. The van der Waals surface area contributed by atoms with E-state index in [1.54, 1.807) is 6.07 Å². The first-order valence-electron chi connectivity index (χ1n) is 13.5. The minimum atomic E-state index is -5.07. The second-order valence-electron chi connectivity index (χ2n) is 10.7. The van der Waals surface area contributed by atoms with Gasteiger partial charge in [0.15, 0.2) is 0 Å². The molecule has 4 aromatic rings. The zero-order valence-electron chi connectivity index (χ0n) is 23.4. The molecule has 0 bridgehead atoms. The lowest BCUT2D eigenvalue weighted by Crippen LogP contribution is -2.34. The molecule has 0 unspecified atom stereocenters. The van der Waals surface area contributed by atoms with E-state index in [1.807, 2.05) is 0 Å². The number of ether oxygens (including phenoxy) is 1. The molecule has 230 valence electrons. The van der Waals surface area contributed by atoms with Crippen LogP contribution in [0.4, 0.5) is 23.2 Å². The lowest BCUT2D eigenvalue weighted by atomic mass is 9.78. The first-order chi connectivity index (χ1) is 20.7. The minimum absolute atomic E-state index is 0.0342. The number of halogens is 4. The molecule has 2 heterocycles. The third kappa shape index (κ3) is 5.74. The first kappa shape index (κ1) is 30.0. The summed E-state index contributed by atoms with van der Waals surface area (Å²) in [7, 11) is -4.22. The molecule has 0 saturated heterocycles. The first-order valence-corrected chi connectivity index (χ1v) is 15.4. The number of nitrogens with one attached hydrogen (secondary N) is 1. The second-order valence-corrected chi connectivity index (χ2v) is 12.6. The quantitative estimate of drug-likeness (QED) is 0.216. The summed E-state index contributed by atoms with van der Waals surface area (Å²) in [6.45, 7) is -0.576. The van der Waals surface area contributed by atoms with Crippen LogP contribution in [0.1, 0.15) is 45.8 Å². The van der Waals surface area contributed by atoms with Crippen molar-refractivity contribution in [1.82, 2.24) is 5.32 Å². The van der Waals surface area contributed by atoms with Gasteiger partial charge in [0, 0.05) is 29.5 Å². The lowest BCUT2D eigenvalue weighted by molar-refractivity contribution is -0.274. The SMILES string of the molecule is CNC(=O)c1c(-c2ccc(F)cc2)oc2cc(N(Cc3cc4c(c(OC(F)(F)F)c3)B(O)OC4)S(C)(=O)=O)c(C3CC3)cc12. The van der Waals surface area contributed by atoms with Gasteiger partial charge in [-0.1, -0.05) is 6.07 Å². The molecular formula is C29H25BF4N2O7S. The maximum Gasteiger partial charge on any atom is 0.573 e. The van der Waals surface area contributed by atoms with Gasteiger partial charge in [0.2, 0.25) is 10.0 Å². The normalized spacial score (nSPS) is 15.0. The van der Waals surface area contributed by atoms with Crippen molar-refractivity contribution >= 4 is 45.2 Å². The molecule has 6 rings (SSSR count). The Morgan fingerprint density at radius 3 is 2.48 bits per heavy atom. The van der Waals surface area contributed by atoms with Gasteiger partial charge >= 0.3 is 13.5 Å². The number of carbonyl (C=O) groups is 1. The average molecular weight is 632 g/mol. The van der Waals surface area contributed by atoms with Crippen molar-refractivity contribution in [1.29, 1.82) is 0 Å². The number of hydrogen-bond acceptors (Lipinski definition) is 7. The van der Waals surface area contributed by atoms with E-state index >= 15 is 0 Å². The maximum atomic E-state index is 13.7. The number of alkyl halides is 3. The van der Waals surface area contributed by atoms with Gasteiger partial charge in [-0.3, -0.25) is 9.10 Å². The van der Waals surface area contributed by atoms with Crippen LogP contribution in [0.15, 0.2) is 52.9 Å². The van der Waals surface area contributed by atoms with Crippen molar-refractivity contribution in [3.05, 3.63) is 76.6 Å². The fourth-order valence-electron chi connectivity index (χ4n) is 5.49. The van der Waals surface area contributed by atoms with Gasteiger partial charge in [0.05, 0.1) is 30.7 Å². The van der Waals surface area contributed by atoms with Gasteiger partial charge in [-0.25, -0.2) is 12.8 Å². The average Bonchev–Trinajstić information content (AvgIpc) is 3.63. The Balaban J connectivity index is 1.51. The predicted octanol–water partition coefficient (Wildman–Crippen LogP) is 4.56. The Kier molecular flexibility index (Phi) is 7.37. The smallest absolute Gasteiger partial charge is 0.455 e. The molecule has 1 saturated carbocycles. The maximum absolute atomic E-state index is 13.7. The molecule has 15 heteroatoms. The zero-order valence-corrected chi connectivity index (χ0v) is 24.2. The highest BCUT2D eigenvalue weighted by Gasteiger charge is 2.39. The highest BCUT2D eigenvalue weighted by molar-refractivity contribution is 7.92. The van der Waals surface area contributed by atoms with Crippen LogP contribution in [0.2, 0.25) is 0 Å². The van der Waals surface area contributed by atoms with E-state index in [0.29, 0.717) is 16.5 Å². The van der Waals surface area contributed by atoms with Crippen LogP contribution in [-0.4, -0.2) is 46.1 Å². The molecule has 3 aromatic carbocycles. The van der Waals surface area contributed by atoms with Crippen molar-refractivity contribution in [2.75, 3.05) is 17.6 Å². The monoisotopic (exact) mass is 632 g/mol. The van der Waals surface area contributed by atoms with Crippen molar-refractivity contribution in [3.8, 4) is 17.1 Å². The summed E-state index contributed by atoms with van der Waals surface area (Å²) >= 11 is 0. The number of nitrogens with zero attached hydrogens (tertiary/aromatic N) is 1. The van der Waals surface area contributed by atoms with E-state index in [0.717, 1.165) is 29.5 Å². The minimum Gasteiger partial charge on any atom is -0.455 e. The second kappa shape index (κ2) is 10.8. The van der Waals surface area contributed by atoms with E-state index in [2.05, 4.69) is 10.1 Å². The van der Waals surface area contributed by atoms with Crippen LogP contribution in [0, 0.1) is 5.82 Å². The Hall–Kier alpha value is -4.08. The fraction of sp³-hybridized carbons (Fsp3) is 0.276. The topological polar surface area (TPSA) is 118 Å². The molecular weight excluding hydrogens is 607 g/mol. The Bertz CT molecular complexity index is 1890. The molecule has 1 aromatic heterocycles. The number of hydrogen-bond donors (Lipinski definition) is 2. The standard InChI is InChI=1S/C29H25BF4N2O7S/c1-35-28(37)25-21-11-20(16-3-4-16)22(12-23(21)42-27(25)17-5-7-19(31)8-6-17)36(44(2,39)40)13-15-9-18-14-41-30(38)26(18)24(10-15)43-29(32,33)34/h5-12,16,38H,3-4,13-14H2,1-2H3,(H,35,37). The zero-order chi connectivity index (χ0) is 31.6. The summed E-state index contributed by atoms with van der Waals surface area (Å²) in [4.78, 5) is 13.0. The number of rotatable bonds is 8. The van der Waals surface area contributed by atoms with Gasteiger partial charge in [-0.2, -0.15) is 0 Å². The van der Waals surface area contributed by atoms with Crippen molar-refractivity contribution in [2.45, 2.75) is 38.3 Å². The molecule has 0 atom stereocenters. The van der Waals surface area contributed by atoms with E-state index in [4.69, 9.17) is 9.07 Å². The number of fused-ring (bicyclic) bond motifs is 2. The van der Waals surface area contributed by atoms with E-state index < -0.39 is 41.0 Å². The number of anilines is 1. The van der Waals surface area contributed by atoms with Crippen LogP contribution < -0.4 is 19.8 Å². The van der Waals surface area contributed by atoms with Crippen LogP contribution in [0.5, 0.6) is 5.75 Å². The van der Waals surface area contributed by atoms with Crippen molar-refractivity contribution in [3.63, 3.8) is 0 Å². The lowest BCUT2D eigenvalue weighted by Gasteiger charge is -2.26. The molecule has 9 nitrogen and oxygen atoms in total. The highest BCUT2D eigenvalue weighted by Crippen LogP contribution is 2.48. The molecule has 2 N–H and O–H groups in total. The number of benzene rings is 3. The molecule has 0 radical (unpaired) electrons. The van der Waals surface area contributed by atoms with Crippen molar-refractivity contribution < 1.29 is 49.6 Å². The Morgan fingerprint density at radius 2 is 1.86 bits per heavy atom.